The number of esters is 1. The highest BCUT2D eigenvalue weighted by Crippen LogP contribution is 2.19. The lowest BCUT2D eigenvalue weighted by molar-refractivity contribution is -0.153. The molecule has 25 heavy (non-hydrogen) atoms. The monoisotopic (exact) mass is 411 g/mol. The number of benzene rings is 2. The van der Waals surface area contributed by atoms with Gasteiger partial charge >= 0.3 is 5.97 Å². The van der Waals surface area contributed by atoms with E-state index in [0.29, 0.717) is 10.9 Å². The molecule has 0 bridgehead atoms. The predicted octanol–water partition coefficient (Wildman–Crippen LogP) is 4.23. The zero-order chi connectivity index (χ0) is 18.4. The lowest BCUT2D eigenvalue weighted by Crippen LogP contribution is -2.30. The largest absolute Gasteiger partial charge is 0.453 e. The number of amides is 1. The van der Waals surface area contributed by atoms with Gasteiger partial charge < -0.3 is 10.1 Å². The Kier molecular flexibility index (Phi) is 6.64. The van der Waals surface area contributed by atoms with Crippen molar-refractivity contribution in [3.05, 3.63) is 64.1 Å². The van der Waals surface area contributed by atoms with Gasteiger partial charge in [-0.15, -0.1) is 0 Å². The van der Waals surface area contributed by atoms with Gasteiger partial charge in [0.1, 0.15) is 11.6 Å². The highest BCUT2D eigenvalue weighted by molar-refractivity contribution is 9.10. The van der Waals surface area contributed by atoms with Gasteiger partial charge in [-0.3, -0.25) is 9.59 Å². The summed E-state index contributed by atoms with van der Waals surface area (Å²) in [7, 11) is 0. The Balaban J connectivity index is 1.83. The maximum Gasteiger partial charge on any atom is 0.306 e. The van der Waals surface area contributed by atoms with E-state index in [2.05, 4.69) is 21.2 Å². The topological polar surface area (TPSA) is 55.4 Å². The van der Waals surface area contributed by atoms with Gasteiger partial charge in [-0.05, 0) is 49.2 Å². The summed E-state index contributed by atoms with van der Waals surface area (Å²) in [6, 6.07) is 9.98. The van der Waals surface area contributed by atoms with E-state index in [9.17, 15) is 18.4 Å². The summed E-state index contributed by atoms with van der Waals surface area (Å²) in [4.78, 5) is 23.8. The first-order valence-corrected chi connectivity index (χ1v) is 8.34. The van der Waals surface area contributed by atoms with Crippen molar-refractivity contribution in [1.29, 1.82) is 0 Å². The Morgan fingerprint density at radius 2 is 1.84 bits per heavy atom. The number of hydrogen-bond donors (Lipinski definition) is 1. The second-order valence-corrected chi connectivity index (χ2v) is 6.29. The number of anilines is 1. The normalized spacial score (nSPS) is 11.7. The van der Waals surface area contributed by atoms with E-state index in [1.165, 1.54) is 31.2 Å². The van der Waals surface area contributed by atoms with Crippen molar-refractivity contribution in [3.8, 4) is 0 Å². The molecule has 0 fully saturated rings. The maximum absolute atomic E-state index is 13.7. The minimum Gasteiger partial charge on any atom is -0.453 e. The molecule has 0 aliphatic rings. The average Bonchev–Trinajstić information content (AvgIpc) is 2.56. The van der Waals surface area contributed by atoms with Crippen molar-refractivity contribution in [2.24, 2.45) is 0 Å². The third-order valence-corrected chi connectivity index (χ3v) is 3.89. The molecule has 0 heterocycles. The SMILES string of the molecule is C[C@@H](OC(=O)CCc1ccc(F)cc1)C(=O)Nc1ccc(Br)cc1F. The van der Waals surface area contributed by atoms with E-state index >= 15 is 0 Å². The first-order valence-electron chi connectivity index (χ1n) is 7.55. The smallest absolute Gasteiger partial charge is 0.306 e. The Morgan fingerprint density at radius 1 is 1.16 bits per heavy atom. The molecule has 4 nitrogen and oxygen atoms in total. The molecule has 0 saturated heterocycles. The summed E-state index contributed by atoms with van der Waals surface area (Å²) >= 11 is 3.12. The molecule has 2 rings (SSSR count). The van der Waals surface area contributed by atoms with Gasteiger partial charge in [0.15, 0.2) is 6.10 Å². The Labute approximate surface area is 152 Å². The lowest BCUT2D eigenvalue weighted by Gasteiger charge is -2.14. The van der Waals surface area contributed by atoms with E-state index in [1.807, 2.05) is 0 Å². The molecule has 0 unspecified atom stereocenters. The van der Waals surface area contributed by atoms with Crippen LogP contribution in [-0.2, 0) is 20.7 Å². The van der Waals surface area contributed by atoms with Gasteiger partial charge in [-0.2, -0.15) is 0 Å². The van der Waals surface area contributed by atoms with Crippen molar-refractivity contribution < 1.29 is 23.1 Å². The minimum absolute atomic E-state index is 0.00223. The van der Waals surface area contributed by atoms with Crippen LogP contribution in [0.5, 0.6) is 0 Å². The molecule has 0 aromatic heterocycles. The van der Waals surface area contributed by atoms with Gasteiger partial charge in [-0.1, -0.05) is 28.1 Å². The Morgan fingerprint density at radius 3 is 2.48 bits per heavy atom. The number of nitrogens with one attached hydrogen (secondary N) is 1. The van der Waals surface area contributed by atoms with Crippen LogP contribution in [0.2, 0.25) is 0 Å². The fourth-order valence-electron chi connectivity index (χ4n) is 2.03. The minimum atomic E-state index is -1.07. The third-order valence-electron chi connectivity index (χ3n) is 3.40. The van der Waals surface area contributed by atoms with Crippen LogP contribution < -0.4 is 5.32 Å². The van der Waals surface area contributed by atoms with Crippen LogP contribution in [0.1, 0.15) is 18.9 Å². The van der Waals surface area contributed by atoms with Crippen LogP contribution >= 0.6 is 15.9 Å². The lowest BCUT2D eigenvalue weighted by atomic mass is 10.1. The number of aryl methyl sites for hydroxylation is 1. The zero-order valence-corrected chi connectivity index (χ0v) is 15.0. The maximum atomic E-state index is 13.7. The van der Waals surface area contributed by atoms with E-state index in [4.69, 9.17) is 4.74 Å². The summed E-state index contributed by atoms with van der Waals surface area (Å²) in [6.07, 6.45) is -0.645. The number of halogens is 3. The average molecular weight is 412 g/mol. The fourth-order valence-corrected chi connectivity index (χ4v) is 2.37. The molecule has 1 amide bonds. The molecule has 0 radical (unpaired) electrons. The van der Waals surface area contributed by atoms with Crippen LogP contribution in [0.3, 0.4) is 0 Å². The molecule has 0 saturated carbocycles. The second kappa shape index (κ2) is 8.71. The summed E-state index contributed by atoms with van der Waals surface area (Å²) in [5.41, 5.74) is 0.787. The number of hydrogen-bond acceptors (Lipinski definition) is 3. The van der Waals surface area contributed by atoms with Gasteiger partial charge in [0.05, 0.1) is 5.69 Å². The highest BCUT2D eigenvalue weighted by Gasteiger charge is 2.19. The van der Waals surface area contributed by atoms with Crippen LogP contribution in [0.25, 0.3) is 0 Å². The Bertz CT molecular complexity index is 765. The number of ether oxygens (including phenoxy) is 1. The van der Waals surface area contributed by atoms with Gasteiger partial charge in [-0.25, -0.2) is 8.78 Å². The van der Waals surface area contributed by atoms with Crippen LogP contribution in [-0.4, -0.2) is 18.0 Å². The summed E-state index contributed by atoms with van der Waals surface area (Å²) < 4.78 is 32.1. The van der Waals surface area contributed by atoms with E-state index in [1.54, 1.807) is 18.2 Å². The van der Waals surface area contributed by atoms with Crippen LogP contribution in [0.15, 0.2) is 46.9 Å². The van der Waals surface area contributed by atoms with E-state index in [0.717, 1.165) is 5.56 Å². The van der Waals surface area contributed by atoms with E-state index in [-0.39, 0.29) is 17.9 Å². The number of carbonyl (C=O) groups excluding carboxylic acids is 2. The first kappa shape index (κ1) is 19.1. The first-order chi connectivity index (χ1) is 11.8. The molecule has 1 N–H and O–H groups in total. The van der Waals surface area contributed by atoms with Crippen LogP contribution in [0, 0.1) is 11.6 Å². The van der Waals surface area contributed by atoms with Gasteiger partial charge in [0.2, 0.25) is 0 Å². The standard InChI is InChI=1S/C18H16BrF2NO3/c1-11(18(24)22-16-8-5-13(19)10-15(16)21)25-17(23)9-4-12-2-6-14(20)7-3-12/h2-3,5-8,10-11H,4,9H2,1H3,(H,22,24)/t11-/m1/s1. The molecule has 2 aromatic carbocycles. The summed E-state index contributed by atoms with van der Waals surface area (Å²) in [5, 5.41) is 2.37. The molecular formula is C18H16BrF2NO3. The van der Waals surface area contributed by atoms with Crippen LogP contribution in [0.4, 0.5) is 14.5 Å². The molecular weight excluding hydrogens is 396 g/mol. The molecule has 7 heteroatoms. The molecule has 0 aliphatic carbocycles. The predicted molar refractivity (Wildman–Crippen MR) is 93.0 cm³/mol. The van der Waals surface area contributed by atoms with Crippen molar-refractivity contribution in [3.63, 3.8) is 0 Å². The summed E-state index contributed by atoms with van der Waals surface area (Å²) in [5.74, 6) is -2.14. The van der Waals surface area contributed by atoms with Crippen molar-refractivity contribution in [2.45, 2.75) is 25.9 Å². The molecule has 1 atom stereocenters. The van der Waals surface area contributed by atoms with Gasteiger partial charge in [0, 0.05) is 10.9 Å². The molecule has 0 aliphatic heterocycles. The van der Waals surface area contributed by atoms with Gasteiger partial charge in [0.25, 0.3) is 5.91 Å². The fraction of sp³-hybridized carbons (Fsp3) is 0.222. The van der Waals surface area contributed by atoms with Crippen molar-refractivity contribution in [2.75, 3.05) is 5.32 Å². The third kappa shape index (κ3) is 5.94. The molecule has 132 valence electrons. The van der Waals surface area contributed by atoms with Crippen molar-refractivity contribution in [1.82, 2.24) is 0 Å². The second-order valence-electron chi connectivity index (χ2n) is 5.37. The summed E-state index contributed by atoms with van der Waals surface area (Å²) in [6.45, 7) is 1.40. The quantitative estimate of drug-likeness (QED) is 0.723. The molecule has 2 aromatic rings. The number of rotatable bonds is 6. The Hall–Kier alpha value is -2.28. The molecule has 0 spiro atoms. The highest BCUT2D eigenvalue weighted by atomic mass is 79.9. The van der Waals surface area contributed by atoms with Crippen molar-refractivity contribution >= 4 is 33.5 Å². The zero-order valence-electron chi connectivity index (χ0n) is 13.4. The van der Waals surface area contributed by atoms with E-state index < -0.39 is 23.8 Å². The number of carbonyl (C=O) groups is 2.